The maximum Gasteiger partial charge on any atom is 0.0431 e. The van der Waals surface area contributed by atoms with Crippen LogP contribution in [0.15, 0.2) is 24.3 Å². The molecule has 1 aromatic carbocycles. The van der Waals surface area contributed by atoms with Crippen molar-refractivity contribution in [3.63, 3.8) is 0 Å². The van der Waals surface area contributed by atoms with Gasteiger partial charge in [-0.05, 0) is 36.3 Å². The zero-order valence-corrected chi connectivity index (χ0v) is 10.2. The Balaban J connectivity index is 2.20. The van der Waals surface area contributed by atoms with E-state index in [1.54, 1.807) is 0 Å². The van der Waals surface area contributed by atoms with Crippen LogP contribution in [0.2, 0.25) is 0 Å². The highest BCUT2D eigenvalue weighted by molar-refractivity contribution is 5.56. The zero-order chi connectivity index (χ0) is 11.5. The van der Waals surface area contributed by atoms with Crippen LogP contribution in [0.25, 0.3) is 0 Å². The molecule has 0 aliphatic carbocycles. The molecule has 0 fully saturated rings. The number of benzene rings is 1. The third-order valence-electron chi connectivity index (χ3n) is 3.79. The van der Waals surface area contributed by atoms with E-state index >= 15 is 0 Å². The highest BCUT2D eigenvalue weighted by Crippen LogP contribution is 2.39. The van der Waals surface area contributed by atoms with E-state index in [2.05, 4.69) is 43.1 Å². The Morgan fingerprint density at radius 3 is 2.88 bits per heavy atom. The molecule has 0 aromatic heterocycles. The van der Waals surface area contributed by atoms with Gasteiger partial charge in [-0.2, -0.15) is 0 Å². The van der Waals surface area contributed by atoms with Crippen LogP contribution in [0.3, 0.4) is 0 Å². The fraction of sp³-hybridized carbons (Fsp3) is 0.571. The Bertz CT molecular complexity index is 350. The average Bonchev–Trinajstić information content (AvgIpc) is 2.32. The zero-order valence-electron chi connectivity index (χ0n) is 10.2. The fourth-order valence-corrected chi connectivity index (χ4v) is 2.78. The molecule has 16 heavy (non-hydrogen) atoms. The second kappa shape index (κ2) is 4.88. The van der Waals surface area contributed by atoms with E-state index in [1.165, 1.54) is 11.3 Å². The summed E-state index contributed by atoms with van der Waals surface area (Å²) in [4.78, 5) is 2.34. The van der Waals surface area contributed by atoms with Crippen molar-refractivity contribution in [3.8, 4) is 0 Å². The number of nitrogens with zero attached hydrogens (tertiary/aromatic N) is 1. The molecule has 0 bridgehead atoms. The molecule has 0 saturated carbocycles. The standard InChI is InChI=1S/C14H21NO/c1-11-12(6-5-9-16)10-15(2)14-8-4-3-7-13(11)14/h3-4,7-8,11-12,16H,5-6,9-10H2,1-2H3/t11-,12+/m1/s1. The van der Waals surface area contributed by atoms with Crippen LogP contribution >= 0.6 is 0 Å². The number of hydrogen-bond acceptors (Lipinski definition) is 2. The Hall–Kier alpha value is -1.02. The van der Waals surface area contributed by atoms with Crippen molar-refractivity contribution >= 4 is 5.69 Å². The molecule has 2 atom stereocenters. The lowest BCUT2D eigenvalue weighted by Crippen LogP contribution is -2.34. The lowest BCUT2D eigenvalue weighted by molar-refractivity contribution is 0.263. The average molecular weight is 219 g/mol. The molecule has 1 heterocycles. The first-order chi connectivity index (χ1) is 7.74. The van der Waals surface area contributed by atoms with Gasteiger partial charge in [0.25, 0.3) is 0 Å². The molecule has 88 valence electrons. The largest absolute Gasteiger partial charge is 0.396 e. The van der Waals surface area contributed by atoms with E-state index in [1.807, 2.05) is 0 Å². The highest BCUT2D eigenvalue weighted by Gasteiger charge is 2.27. The van der Waals surface area contributed by atoms with Gasteiger partial charge in [-0.25, -0.2) is 0 Å². The van der Waals surface area contributed by atoms with Crippen molar-refractivity contribution < 1.29 is 5.11 Å². The summed E-state index contributed by atoms with van der Waals surface area (Å²) in [7, 11) is 2.16. The van der Waals surface area contributed by atoms with Gasteiger partial charge in [0.1, 0.15) is 0 Å². The molecule has 0 spiro atoms. The number of anilines is 1. The first-order valence-corrected chi connectivity index (χ1v) is 6.15. The van der Waals surface area contributed by atoms with Crippen LogP contribution in [0, 0.1) is 5.92 Å². The number of para-hydroxylation sites is 1. The smallest absolute Gasteiger partial charge is 0.0431 e. The van der Waals surface area contributed by atoms with E-state index in [0.717, 1.165) is 19.4 Å². The van der Waals surface area contributed by atoms with Crippen molar-refractivity contribution in [2.45, 2.75) is 25.7 Å². The topological polar surface area (TPSA) is 23.5 Å². The summed E-state index contributed by atoms with van der Waals surface area (Å²) >= 11 is 0. The van der Waals surface area contributed by atoms with E-state index in [4.69, 9.17) is 5.11 Å². The second-order valence-electron chi connectivity index (χ2n) is 4.85. The molecule has 1 aliphatic rings. The van der Waals surface area contributed by atoms with Gasteiger partial charge in [0, 0.05) is 25.9 Å². The first-order valence-electron chi connectivity index (χ1n) is 6.15. The summed E-state index contributed by atoms with van der Waals surface area (Å²) in [5.41, 5.74) is 2.83. The maximum atomic E-state index is 8.93. The summed E-state index contributed by atoms with van der Waals surface area (Å²) in [5.74, 6) is 1.28. The Labute approximate surface area is 97.9 Å². The van der Waals surface area contributed by atoms with E-state index in [-0.39, 0.29) is 0 Å². The van der Waals surface area contributed by atoms with Crippen molar-refractivity contribution in [2.24, 2.45) is 5.92 Å². The van der Waals surface area contributed by atoms with Crippen LogP contribution in [0.5, 0.6) is 0 Å². The van der Waals surface area contributed by atoms with Gasteiger partial charge in [-0.1, -0.05) is 25.1 Å². The number of hydrogen-bond donors (Lipinski definition) is 1. The summed E-state index contributed by atoms with van der Waals surface area (Å²) in [5, 5.41) is 8.93. The summed E-state index contributed by atoms with van der Waals surface area (Å²) in [6.07, 6.45) is 2.04. The SMILES string of the molecule is C[C@H]1c2ccccc2N(C)C[C@@H]1CCCO. The molecule has 2 rings (SSSR count). The summed E-state index contributed by atoms with van der Waals surface area (Å²) in [6.45, 7) is 3.74. The number of aliphatic hydroxyl groups excluding tert-OH is 1. The van der Waals surface area contributed by atoms with Gasteiger partial charge in [0.05, 0.1) is 0 Å². The predicted octanol–water partition coefficient (Wildman–Crippen LogP) is 2.63. The molecular weight excluding hydrogens is 198 g/mol. The Morgan fingerprint density at radius 2 is 2.12 bits per heavy atom. The molecule has 0 unspecified atom stereocenters. The van der Waals surface area contributed by atoms with Gasteiger partial charge >= 0.3 is 0 Å². The molecule has 0 saturated heterocycles. The minimum Gasteiger partial charge on any atom is -0.396 e. The van der Waals surface area contributed by atoms with Crippen molar-refractivity contribution in [3.05, 3.63) is 29.8 Å². The third kappa shape index (κ3) is 2.07. The molecule has 2 nitrogen and oxygen atoms in total. The monoisotopic (exact) mass is 219 g/mol. The Kier molecular flexibility index (Phi) is 3.49. The lowest BCUT2D eigenvalue weighted by atomic mass is 9.80. The Morgan fingerprint density at radius 1 is 1.38 bits per heavy atom. The quantitative estimate of drug-likeness (QED) is 0.844. The predicted molar refractivity (Wildman–Crippen MR) is 67.9 cm³/mol. The number of rotatable bonds is 3. The van der Waals surface area contributed by atoms with Crippen LogP contribution in [-0.4, -0.2) is 25.3 Å². The minimum absolute atomic E-state index is 0.314. The van der Waals surface area contributed by atoms with E-state index in [9.17, 15) is 0 Å². The molecule has 1 N–H and O–H groups in total. The molecule has 2 heteroatoms. The van der Waals surface area contributed by atoms with Gasteiger partial charge in [-0.3, -0.25) is 0 Å². The van der Waals surface area contributed by atoms with Crippen molar-refractivity contribution in [1.82, 2.24) is 0 Å². The van der Waals surface area contributed by atoms with Crippen LogP contribution in [-0.2, 0) is 0 Å². The van der Waals surface area contributed by atoms with Crippen LogP contribution in [0.1, 0.15) is 31.2 Å². The van der Waals surface area contributed by atoms with E-state index < -0.39 is 0 Å². The number of fused-ring (bicyclic) bond motifs is 1. The molecule has 0 amide bonds. The lowest BCUT2D eigenvalue weighted by Gasteiger charge is -2.38. The third-order valence-corrected chi connectivity index (χ3v) is 3.79. The maximum absolute atomic E-state index is 8.93. The van der Waals surface area contributed by atoms with Crippen LogP contribution < -0.4 is 4.90 Å². The molecule has 0 radical (unpaired) electrons. The van der Waals surface area contributed by atoms with Gasteiger partial charge in [-0.15, -0.1) is 0 Å². The minimum atomic E-state index is 0.314. The summed E-state index contributed by atoms with van der Waals surface area (Å²) in [6, 6.07) is 8.67. The normalized spacial score (nSPS) is 24.3. The van der Waals surface area contributed by atoms with Gasteiger partial charge < -0.3 is 10.0 Å². The first kappa shape index (κ1) is 11.5. The van der Waals surface area contributed by atoms with Crippen molar-refractivity contribution in [2.75, 3.05) is 25.1 Å². The molecule has 1 aromatic rings. The van der Waals surface area contributed by atoms with Crippen LogP contribution in [0.4, 0.5) is 5.69 Å². The number of aliphatic hydroxyl groups is 1. The second-order valence-corrected chi connectivity index (χ2v) is 4.85. The van der Waals surface area contributed by atoms with Gasteiger partial charge in [0.2, 0.25) is 0 Å². The van der Waals surface area contributed by atoms with Crippen molar-refractivity contribution in [1.29, 1.82) is 0 Å². The fourth-order valence-electron chi connectivity index (χ4n) is 2.78. The molecular formula is C14H21NO. The van der Waals surface area contributed by atoms with Gasteiger partial charge in [0.15, 0.2) is 0 Å². The summed E-state index contributed by atoms with van der Waals surface area (Å²) < 4.78 is 0. The molecule has 1 aliphatic heterocycles. The highest BCUT2D eigenvalue weighted by atomic mass is 16.2. The van der Waals surface area contributed by atoms with E-state index in [0.29, 0.717) is 18.4 Å².